The molecule has 0 aromatic carbocycles. The Balaban J connectivity index is 2.01. The molecule has 2 heterocycles. The Morgan fingerprint density at radius 2 is 2.25 bits per heavy atom. The van der Waals surface area contributed by atoms with Gasteiger partial charge in [0, 0.05) is 18.9 Å². The van der Waals surface area contributed by atoms with Gasteiger partial charge in [-0.2, -0.15) is 0 Å². The number of rotatable bonds is 4. The zero-order valence-corrected chi connectivity index (χ0v) is 12.2. The number of nitrogens with one attached hydrogen (secondary N) is 1. The van der Waals surface area contributed by atoms with Gasteiger partial charge in [-0.05, 0) is 30.5 Å². The highest BCUT2D eigenvalue weighted by atomic mass is 16.5. The van der Waals surface area contributed by atoms with Crippen LogP contribution >= 0.6 is 0 Å². The molecule has 2 rings (SSSR count). The van der Waals surface area contributed by atoms with Crippen LogP contribution in [0, 0.1) is 0 Å². The second-order valence-corrected chi connectivity index (χ2v) is 5.02. The first-order chi connectivity index (χ1) is 9.76. The predicted octanol–water partition coefficient (Wildman–Crippen LogP) is 2.35. The minimum atomic E-state index is 0.00353. The van der Waals surface area contributed by atoms with Crippen molar-refractivity contribution < 1.29 is 9.53 Å². The van der Waals surface area contributed by atoms with E-state index in [9.17, 15) is 4.79 Å². The van der Waals surface area contributed by atoms with Gasteiger partial charge >= 0.3 is 6.03 Å². The molecule has 1 aromatic heterocycles. The van der Waals surface area contributed by atoms with Gasteiger partial charge in [0.2, 0.25) is 0 Å². The summed E-state index contributed by atoms with van der Waals surface area (Å²) in [6.45, 7) is 6.07. The molecule has 5 nitrogen and oxygen atoms in total. The molecule has 20 heavy (non-hydrogen) atoms. The number of hydrogen-bond acceptors (Lipinski definition) is 3. The standard InChI is InChI=1S/C15H23N3O2/c1-3-13-11-20-10-9-18(13)15(19)17-14(4-2)12-5-7-16-8-6-12/h5-8,13-14H,3-4,9-11H2,1-2H3,(H,17,19)/t13-,14-/m0/s1. The van der Waals surface area contributed by atoms with Crippen LogP contribution in [-0.2, 0) is 4.74 Å². The number of pyridine rings is 1. The van der Waals surface area contributed by atoms with E-state index in [0.29, 0.717) is 19.8 Å². The molecule has 0 aliphatic carbocycles. The van der Waals surface area contributed by atoms with Crippen molar-refractivity contribution in [2.75, 3.05) is 19.8 Å². The second-order valence-electron chi connectivity index (χ2n) is 5.02. The molecule has 0 saturated carbocycles. The maximum Gasteiger partial charge on any atom is 0.318 e. The Labute approximate surface area is 120 Å². The molecule has 2 amide bonds. The quantitative estimate of drug-likeness (QED) is 0.919. The average Bonchev–Trinajstić information content (AvgIpc) is 2.53. The summed E-state index contributed by atoms with van der Waals surface area (Å²) in [5.74, 6) is 0. The summed E-state index contributed by atoms with van der Waals surface area (Å²) in [6.07, 6.45) is 5.29. The van der Waals surface area contributed by atoms with E-state index in [1.54, 1.807) is 12.4 Å². The monoisotopic (exact) mass is 277 g/mol. The van der Waals surface area contributed by atoms with Gasteiger partial charge in [-0.1, -0.05) is 13.8 Å². The molecule has 0 spiro atoms. The lowest BCUT2D eigenvalue weighted by Crippen LogP contribution is -2.52. The molecule has 1 saturated heterocycles. The molecule has 0 unspecified atom stereocenters. The van der Waals surface area contributed by atoms with Crippen LogP contribution < -0.4 is 5.32 Å². The van der Waals surface area contributed by atoms with E-state index in [4.69, 9.17) is 4.74 Å². The van der Waals surface area contributed by atoms with Crippen LogP contribution in [0.2, 0.25) is 0 Å². The fourth-order valence-electron chi connectivity index (χ4n) is 2.51. The van der Waals surface area contributed by atoms with E-state index in [-0.39, 0.29) is 18.1 Å². The van der Waals surface area contributed by atoms with E-state index in [2.05, 4.69) is 24.1 Å². The molecule has 1 aliphatic heterocycles. The van der Waals surface area contributed by atoms with Crippen molar-refractivity contribution >= 4 is 6.03 Å². The van der Waals surface area contributed by atoms with E-state index in [1.807, 2.05) is 17.0 Å². The highest BCUT2D eigenvalue weighted by Gasteiger charge is 2.27. The number of aromatic nitrogens is 1. The minimum Gasteiger partial charge on any atom is -0.377 e. The van der Waals surface area contributed by atoms with Gasteiger partial charge in [0.15, 0.2) is 0 Å². The number of hydrogen-bond donors (Lipinski definition) is 1. The van der Waals surface area contributed by atoms with Crippen molar-refractivity contribution in [3.05, 3.63) is 30.1 Å². The largest absolute Gasteiger partial charge is 0.377 e. The number of ether oxygens (including phenoxy) is 1. The SMILES string of the molecule is CC[C@H]1COCCN1C(=O)N[C@@H](CC)c1ccncc1. The lowest BCUT2D eigenvalue weighted by atomic mass is 10.1. The predicted molar refractivity (Wildman–Crippen MR) is 77.4 cm³/mol. The van der Waals surface area contributed by atoms with Crippen molar-refractivity contribution in [2.45, 2.75) is 38.8 Å². The Morgan fingerprint density at radius 3 is 2.90 bits per heavy atom. The number of morpholine rings is 1. The zero-order valence-electron chi connectivity index (χ0n) is 12.2. The number of carbonyl (C=O) groups is 1. The topological polar surface area (TPSA) is 54.5 Å². The van der Waals surface area contributed by atoms with Crippen LogP contribution in [0.1, 0.15) is 38.3 Å². The first kappa shape index (κ1) is 14.8. The van der Waals surface area contributed by atoms with Crippen molar-refractivity contribution in [3.8, 4) is 0 Å². The molecule has 110 valence electrons. The lowest BCUT2D eigenvalue weighted by molar-refractivity contribution is 0.0106. The second kappa shape index (κ2) is 7.24. The minimum absolute atomic E-state index is 0.00353. The van der Waals surface area contributed by atoms with Crippen molar-refractivity contribution in [1.82, 2.24) is 15.2 Å². The molecular weight excluding hydrogens is 254 g/mol. The van der Waals surface area contributed by atoms with Crippen LogP contribution in [0.3, 0.4) is 0 Å². The van der Waals surface area contributed by atoms with Crippen LogP contribution in [0.4, 0.5) is 4.79 Å². The molecule has 5 heteroatoms. The smallest absolute Gasteiger partial charge is 0.318 e. The molecule has 2 atom stereocenters. The molecule has 0 bridgehead atoms. The molecule has 1 aromatic rings. The van der Waals surface area contributed by atoms with Crippen molar-refractivity contribution in [1.29, 1.82) is 0 Å². The third-order valence-electron chi connectivity index (χ3n) is 3.77. The number of urea groups is 1. The van der Waals surface area contributed by atoms with Gasteiger partial charge in [0.1, 0.15) is 0 Å². The van der Waals surface area contributed by atoms with Gasteiger partial charge < -0.3 is 15.0 Å². The van der Waals surface area contributed by atoms with E-state index >= 15 is 0 Å². The van der Waals surface area contributed by atoms with Gasteiger partial charge in [0.05, 0.1) is 25.3 Å². The summed E-state index contributed by atoms with van der Waals surface area (Å²) < 4.78 is 5.44. The summed E-state index contributed by atoms with van der Waals surface area (Å²) in [6, 6.07) is 4.12. The highest BCUT2D eigenvalue weighted by Crippen LogP contribution is 2.17. The van der Waals surface area contributed by atoms with E-state index < -0.39 is 0 Å². The Kier molecular flexibility index (Phi) is 5.35. The first-order valence-corrected chi connectivity index (χ1v) is 7.31. The van der Waals surface area contributed by atoms with Crippen molar-refractivity contribution in [3.63, 3.8) is 0 Å². The van der Waals surface area contributed by atoms with E-state index in [1.165, 1.54) is 0 Å². The summed E-state index contributed by atoms with van der Waals surface area (Å²) in [4.78, 5) is 18.4. The molecule has 0 radical (unpaired) electrons. The third kappa shape index (κ3) is 3.48. The molecule has 1 fully saturated rings. The fourth-order valence-corrected chi connectivity index (χ4v) is 2.51. The maximum atomic E-state index is 12.5. The highest BCUT2D eigenvalue weighted by molar-refractivity contribution is 5.75. The normalized spacial score (nSPS) is 20.5. The van der Waals surface area contributed by atoms with Crippen molar-refractivity contribution in [2.24, 2.45) is 0 Å². The van der Waals surface area contributed by atoms with Crippen LogP contribution in [0.5, 0.6) is 0 Å². The van der Waals surface area contributed by atoms with Gasteiger partial charge in [-0.15, -0.1) is 0 Å². The van der Waals surface area contributed by atoms with Gasteiger partial charge in [0.25, 0.3) is 0 Å². The maximum absolute atomic E-state index is 12.5. The number of nitrogens with zero attached hydrogens (tertiary/aromatic N) is 2. The molecule has 1 N–H and O–H groups in total. The zero-order chi connectivity index (χ0) is 14.4. The Bertz CT molecular complexity index is 424. The fraction of sp³-hybridized carbons (Fsp3) is 0.600. The number of carbonyl (C=O) groups excluding carboxylic acids is 1. The van der Waals surface area contributed by atoms with Crippen LogP contribution in [-0.4, -0.2) is 41.7 Å². The Hall–Kier alpha value is -1.62. The average molecular weight is 277 g/mol. The number of amides is 2. The Morgan fingerprint density at radius 1 is 1.50 bits per heavy atom. The summed E-state index contributed by atoms with van der Waals surface area (Å²) in [5, 5.41) is 3.12. The van der Waals surface area contributed by atoms with Crippen LogP contribution in [0.15, 0.2) is 24.5 Å². The van der Waals surface area contributed by atoms with Gasteiger partial charge in [-0.25, -0.2) is 4.79 Å². The summed E-state index contributed by atoms with van der Waals surface area (Å²) in [5.41, 5.74) is 1.09. The molecule has 1 aliphatic rings. The van der Waals surface area contributed by atoms with Crippen LogP contribution in [0.25, 0.3) is 0 Å². The van der Waals surface area contributed by atoms with Gasteiger partial charge in [-0.3, -0.25) is 4.98 Å². The summed E-state index contributed by atoms with van der Waals surface area (Å²) in [7, 11) is 0. The third-order valence-corrected chi connectivity index (χ3v) is 3.77. The first-order valence-electron chi connectivity index (χ1n) is 7.31. The van der Waals surface area contributed by atoms with E-state index in [0.717, 1.165) is 18.4 Å². The molecular formula is C15H23N3O2. The summed E-state index contributed by atoms with van der Waals surface area (Å²) >= 11 is 0. The lowest BCUT2D eigenvalue weighted by Gasteiger charge is -2.36.